The Labute approximate surface area is 140 Å². The van der Waals surface area contributed by atoms with E-state index in [4.69, 9.17) is 11.6 Å². The van der Waals surface area contributed by atoms with E-state index in [1.807, 2.05) is 31.2 Å². The molecule has 0 aliphatic carbocycles. The molecule has 0 bridgehead atoms. The number of carbonyl (C=O) groups excluding carboxylic acids is 2. The van der Waals surface area contributed by atoms with E-state index in [-0.39, 0.29) is 11.8 Å². The Kier molecular flexibility index (Phi) is 4.35. The molecule has 3 rings (SSSR count). The Bertz CT molecular complexity index is 726. The SMILES string of the molecule is Cc1ccc(N2C(=O)CCC2C(=O)Nc2ccc(Cl)cc2)cc1. The molecule has 1 aliphatic rings. The van der Waals surface area contributed by atoms with Gasteiger partial charge in [-0.25, -0.2) is 0 Å². The van der Waals surface area contributed by atoms with Gasteiger partial charge in [-0.1, -0.05) is 29.3 Å². The lowest BCUT2D eigenvalue weighted by Crippen LogP contribution is -2.41. The highest BCUT2D eigenvalue weighted by molar-refractivity contribution is 6.30. The van der Waals surface area contributed by atoms with E-state index in [9.17, 15) is 9.59 Å². The van der Waals surface area contributed by atoms with Gasteiger partial charge in [0.25, 0.3) is 0 Å². The summed E-state index contributed by atoms with van der Waals surface area (Å²) in [7, 11) is 0. The zero-order valence-corrected chi connectivity index (χ0v) is 13.5. The lowest BCUT2D eigenvalue weighted by molar-refractivity contribution is -0.120. The largest absolute Gasteiger partial charge is 0.324 e. The van der Waals surface area contributed by atoms with Crippen molar-refractivity contribution in [1.29, 1.82) is 0 Å². The van der Waals surface area contributed by atoms with Crippen molar-refractivity contribution < 1.29 is 9.59 Å². The van der Waals surface area contributed by atoms with Crippen LogP contribution in [0.25, 0.3) is 0 Å². The van der Waals surface area contributed by atoms with Crippen LogP contribution < -0.4 is 10.2 Å². The third-order valence-corrected chi connectivity index (χ3v) is 4.19. The van der Waals surface area contributed by atoms with Gasteiger partial charge in [0.2, 0.25) is 11.8 Å². The normalized spacial score (nSPS) is 17.4. The van der Waals surface area contributed by atoms with Crippen molar-refractivity contribution in [3.63, 3.8) is 0 Å². The van der Waals surface area contributed by atoms with E-state index in [0.29, 0.717) is 23.6 Å². The number of nitrogens with one attached hydrogen (secondary N) is 1. The van der Waals surface area contributed by atoms with Gasteiger partial charge in [0.1, 0.15) is 6.04 Å². The van der Waals surface area contributed by atoms with E-state index in [1.54, 1.807) is 29.2 Å². The van der Waals surface area contributed by atoms with Gasteiger partial charge in [-0.15, -0.1) is 0 Å². The molecule has 1 fully saturated rings. The zero-order chi connectivity index (χ0) is 16.4. The van der Waals surface area contributed by atoms with Gasteiger partial charge >= 0.3 is 0 Å². The molecule has 23 heavy (non-hydrogen) atoms. The summed E-state index contributed by atoms with van der Waals surface area (Å²) in [5, 5.41) is 3.46. The first-order valence-electron chi connectivity index (χ1n) is 7.50. The first kappa shape index (κ1) is 15.6. The molecule has 1 aliphatic heterocycles. The Morgan fingerprint density at radius 1 is 1.13 bits per heavy atom. The fourth-order valence-electron chi connectivity index (χ4n) is 2.72. The fourth-order valence-corrected chi connectivity index (χ4v) is 2.85. The second kappa shape index (κ2) is 6.42. The number of benzene rings is 2. The minimum absolute atomic E-state index is 0.0230. The fraction of sp³-hybridized carbons (Fsp3) is 0.222. The summed E-state index contributed by atoms with van der Waals surface area (Å²) < 4.78 is 0. The Hall–Kier alpha value is -2.33. The lowest BCUT2D eigenvalue weighted by atomic mass is 10.1. The van der Waals surface area contributed by atoms with Crippen molar-refractivity contribution in [2.75, 3.05) is 10.2 Å². The molecule has 2 aromatic rings. The van der Waals surface area contributed by atoms with Gasteiger partial charge in [0, 0.05) is 22.8 Å². The van der Waals surface area contributed by atoms with Gasteiger partial charge in [-0.05, 0) is 49.7 Å². The smallest absolute Gasteiger partial charge is 0.247 e. The van der Waals surface area contributed by atoms with Crippen LogP contribution >= 0.6 is 11.6 Å². The minimum atomic E-state index is -0.485. The molecule has 2 amide bonds. The maximum atomic E-state index is 12.6. The summed E-state index contributed by atoms with van der Waals surface area (Å²) in [6.07, 6.45) is 0.902. The average Bonchev–Trinajstić information content (AvgIpc) is 2.92. The summed E-state index contributed by atoms with van der Waals surface area (Å²) in [6.45, 7) is 1.99. The van der Waals surface area contributed by atoms with E-state index >= 15 is 0 Å². The number of halogens is 1. The Balaban J connectivity index is 1.79. The Morgan fingerprint density at radius 3 is 2.43 bits per heavy atom. The van der Waals surface area contributed by atoms with Crippen LogP contribution in [0.3, 0.4) is 0 Å². The first-order chi connectivity index (χ1) is 11.0. The molecule has 1 saturated heterocycles. The van der Waals surface area contributed by atoms with E-state index in [1.165, 1.54) is 0 Å². The summed E-state index contributed by atoms with van der Waals surface area (Å²) in [5.41, 5.74) is 2.54. The number of nitrogens with zero attached hydrogens (tertiary/aromatic N) is 1. The second-order valence-corrected chi connectivity index (χ2v) is 6.09. The molecule has 0 saturated carbocycles. The summed E-state index contributed by atoms with van der Waals surface area (Å²) in [4.78, 5) is 26.3. The number of hydrogen-bond donors (Lipinski definition) is 1. The molecule has 1 heterocycles. The number of anilines is 2. The summed E-state index contributed by atoms with van der Waals surface area (Å²) in [6, 6.07) is 14.1. The van der Waals surface area contributed by atoms with Crippen molar-refractivity contribution in [2.24, 2.45) is 0 Å². The highest BCUT2D eigenvalue weighted by atomic mass is 35.5. The van der Waals surface area contributed by atoms with Crippen molar-refractivity contribution >= 4 is 34.8 Å². The predicted octanol–water partition coefficient (Wildman–Crippen LogP) is 3.78. The molecule has 1 unspecified atom stereocenters. The lowest BCUT2D eigenvalue weighted by Gasteiger charge is -2.24. The Morgan fingerprint density at radius 2 is 1.78 bits per heavy atom. The van der Waals surface area contributed by atoms with Crippen molar-refractivity contribution in [1.82, 2.24) is 0 Å². The highest BCUT2D eigenvalue weighted by Gasteiger charge is 2.37. The van der Waals surface area contributed by atoms with Crippen LogP contribution in [0.1, 0.15) is 18.4 Å². The molecule has 4 nitrogen and oxygen atoms in total. The van der Waals surface area contributed by atoms with E-state index < -0.39 is 6.04 Å². The maximum absolute atomic E-state index is 12.6. The number of carbonyl (C=O) groups is 2. The summed E-state index contributed by atoms with van der Waals surface area (Å²) >= 11 is 5.84. The minimum Gasteiger partial charge on any atom is -0.324 e. The van der Waals surface area contributed by atoms with E-state index in [0.717, 1.165) is 11.3 Å². The molecule has 1 atom stereocenters. The predicted molar refractivity (Wildman–Crippen MR) is 91.8 cm³/mol. The van der Waals surface area contributed by atoms with Gasteiger partial charge in [0.15, 0.2) is 0 Å². The van der Waals surface area contributed by atoms with Gasteiger partial charge < -0.3 is 5.32 Å². The third kappa shape index (κ3) is 3.37. The molecule has 0 spiro atoms. The van der Waals surface area contributed by atoms with Gasteiger partial charge in [0.05, 0.1) is 0 Å². The molecule has 2 aromatic carbocycles. The average molecular weight is 329 g/mol. The molecule has 5 heteroatoms. The molecular formula is C18H17ClN2O2. The van der Waals surface area contributed by atoms with Crippen LogP contribution in [0, 0.1) is 6.92 Å². The monoisotopic (exact) mass is 328 g/mol. The van der Waals surface area contributed by atoms with Crippen molar-refractivity contribution in [3.8, 4) is 0 Å². The topological polar surface area (TPSA) is 49.4 Å². The molecule has 118 valence electrons. The number of rotatable bonds is 3. The van der Waals surface area contributed by atoms with Crippen LogP contribution in [0.2, 0.25) is 5.02 Å². The van der Waals surface area contributed by atoms with Crippen LogP contribution in [0.15, 0.2) is 48.5 Å². The zero-order valence-electron chi connectivity index (χ0n) is 12.8. The first-order valence-corrected chi connectivity index (χ1v) is 7.87. The van der Waals surface area contributed by atoms with Crippen molar-refractivity contribution in [3.05, 3.63) is 59.1 Å². The molecule has 0 aromatic heterocycles. The second-order valence-electron chi connectivity index (χ2n) is 5.65. The molecule has 0 radical (unpaired) electrons. The van der Waals surface area contributed by atoms with Crippen LogP contribution in [0.4, 0.5) is 11.4 Å². The number of amides is 2. The maximum Gasteiger partial charge on any atom is 0.247 e. The van der Waals surface area contributed by atoms with Crippen LogP contribution in [0.5, 0.6) is 0 Å². The van der Waals surface area contributed by atoms with E-state index in [2.05, 4.69) is 5.32 Å². The molecular weight excluding hydrogens is 312 g/mol. The van der Waals surface area contributed by atoms with Gasteiger partial charge in [-0.3, -0.25) is 14.5 Å². The van der Waals surface area contributed by atoms with Crippen molar-refractivity contribution in [2.45, 2.75) is 25.8 Å². The molecule has 1 N–H and O–H groups in total. The number of aryl methyl sites for hydroxylation is 1. The number of hydrogen-bond acceptors (Lipinski definition) is 2. The van der Waals surface area contributed by atoms with Gasteiger partial charge in [-0.2, -0.15) is 0 Å². The third-order valence-electron chi connectivity index (χ3n) is 3.94. The highest BCUT2D eigenvalue weighted by Crippen LogP contribution is 2.28. The quantitative estimate of drug-likeness (QED) is 0.932. The summed E-state index contributed by atoms with van der Waals surface area (Å²) in [5.74, 6) is -0.205. The van der Waals surface area contributed by atoms with Crippen LogP contribution in [-0.4, -0.2) is 17.9 Å². The van der Waals surface area contributed by atoms with Crippen LogP contribution in [-0.2, 0) is 9.59 Å². The standard InChI is InChI=1S/C18H17ClN2O2/c1-12-2-8-15(9-3-12)21-16(10-11-17(21)22)18(23)20-14-6-4-13(19)5-7-14/h2-9,16H,10-11H2,1H3,(H,20,23).